The van der Waals surface area contributed by atoms with Crippen LogP contribution in [0.3, 0.4) is 0 Å². The van der Waals surface area contributed by atoms with E-state index >= 15 is 0 Å². The van der Waals surface area contributed by atoms with Crippen LogP contribution in [0.2, 0.25) is 0 Å². The largest absolute Gasteiger partial charge is 0.508 e. The third-order valence-electron chi connectivity index (χ3n) is 7.26. The van der Waals surface area contributed by atoms with E-state index in [0.717, 1.165) is 32.1 Å². The predicted octanol–water partition coefficient (Wildman–Crippen LogP) is 4.46. The topological polar surface area (TPSA) is 40.5 Å². The van der Waals surface area contributed by atoms with Gasteiger partial charge < -0.3 is 10.2 Å². The highest BCUT2D eigenvalue weighted by Gasteiger charge is 2.60. The Labute approximate surface area is 137 Å². The lowest BCUT2D eigenvalue weighted by atomic mass is 9.53. The highest BCUT2D eigenvalue weighted by molar-refractivity contribution is 5.40. The van der Waals surface area contributed by atoms with E-state index in [1.807, 2.05) is 6.07 Å². The van der Waals surface area contributed by atoms with Crippen molar-refractivity contribution in [2.75, 3.05) is 0 Å². The lowest BCUT2D eigenvalue weighted by Gasteiger charge is -2.52. The van der Waals surface area contributed by atoms with Gasteiger partial charge in [-0.3, -0.25) is 0 Å². The van der Waals surface area contributed by atoms with Crippen LogP contribution in [0.4, 0.5) is 4.39 Å². The van der Waals surface area contributed by atoms with Crippen LogP contribution >= 0.6 is 0 Å². The van der Waals surface area contributed by atoms with E-state index in [1.54, 1.807) is 6.07 Å². The molecule has 4 rings (SSSR count). The van der Waals surface area contributed by atoms with Crippen molar-refractivity contribution < 1.29 is 14.6 Å². The lowest BCUT2D eigenvalue weighted by Crippen LogP contribution is -2.49. The van der Waals surface area contributed by atoms with E-state index in [1.165, 1.54) is 17.2 Å². The molecule has 0 saturated heterocycles. The number of phenolic OH excluding ortho intramolecular Hbond substituents is 1. The van der Waals surface area contributed by atoms with Gasteiger partial charge in [0, 0.05) is 5.41 Å². The summed E-state index contributed by atoms with van der Waals surface area (Å²) in [7, 11) is 0. The maximum absolute atomic E-state index is 12.8. The molecule has 1 aromatic rings. The van der Waals surface area contributed by atoms with Crippen molar-refractivity contribution in [2.45, 2.75) is 57.0 Å². The fourth-order valence-corrected chi connectivity index (χ4v) is 6.00. The molecule has 1 aromatic carbocycles. The minimum atomic E-state index is -0.993. The van der Waals surface area contributed by atoms with Gasteiger partial charge >= 0.3 is 0 Å². The van der Waals surface area contributed by atoms with Crippen LogP contribution in [0, 0.1) is 17.3 Å². The second-order valence-electron chi connectivity index (χ2n) is 8.01. The average Bonchev–Trinajstić information content (AvgIpc) is 2.79. The third-order valence-corrected chi connectivity index (χ3v) is 7.26. The highest BCUT2D eigenvalue weighted by Crippen LogP contribution is 2.64. The van der Waals surface area contributed by atoms with Crippen molar-refractivity contribution in [3.8, 4) is 5.75 Å². The zero-order chi connectivity index (χ0) is 16.2. The van der Waals surface area contributed by atoms with Gasteiger partial charge in [-0.2, -0.15) is 0 Å². The van der Waals surface area contributed by atoms with E-state index in [2.05, 4.69) is 13.0 Å². The van der Waals surface area contributed by atoms with E-state index in [0.29, 0.717) is 36.3 Å². The first-order valence-corrected chi connectivity index (χ1v) is 8.80. The Bertz CT molecular complexity index is 655. The first-order valence-electron chi connectivity index (χ1n) is 8.80. The molecule has 2 N–H and O–H groups in total. The van der Waals surface area contributed by atoms with Gasteiger partial charge in [-0.05, 0) is 85.6 Å². The van der Waals surface area contributed by atoms with Gasteiger partial charge in [-0.15, -0.1) is 0 Å². The van der Waals surface area contributed by atoms with E-state index in [-0.39, 0.29) is 5.41 Å². The summed E-state index contributed by atoms with van der Waals surface area (Å²) in [6.07, 6.45) is 7.64. The molecular weight excluding hydrogens is 291 g/mol. The van der Waals surface area contributed by atoms with E-state index in [9.17, 15) is 14.6 Å². The Balaban J connectivity index is 1.70. The van der Waals surface area contributed by atoms with Crippen LogP contribution in [0.25, 0.3) is 0 Å². The van der Waals surface area contributed by atoms with Gasteiger partial charge in [0.05, 0.1) is 11.9 Å². The van der Waals surface area contributed by atoms with Crippen LogP contribution in [-0.4, -0.2) is 15.8 Å². The van der Waals surface area contributed by atoms with Crippen LogP contribution in [-0.2, 0) is 6.42 Å². The van der Waals surface area contributed by atoms with Crippen LogP contribution in [0.1, 0.15) is 56.1 Å². The molecular formula is C20H25FO2. The lowest BCUT2D eigenvalue weighted by molar-refractivity contribution is -0.0714. The number of phenols is 1. The quantitative estimate of drug-likeness (QED) is 0.803. The van der Waals surface area contributed by atoms with Gasteiger partial charge in [-0.1, -0.05) is 13.0 Å². The molecule has 2 nitrogen and oxygen atoms in total. The van der Waals surface area contributed by atoms with Gasteiger partial charge in [0.15, 0.2) is 0 Å². The highest BCUT2D eigenvalue weighted by atomic mass is 19.1. The third kappa shape index (κ3) is 2.02. The standard InChI is InChI=1S/C20H25FO2/c1-19-8-6-16-15-5-3-14(22)12-13(15)2-4-17(16)18(19)7-9-20(19,23)10-11-21/h3,5,10-12,16-18,22-23H,2,4,6-9H2,1H3/t16-,17-,18+,19+,20+/m1/s1. The van der Waals surface area contributed by atoms with Crippen LogP contribution < -0.4 is 0 Å². The van der Waals surface area contributed by atoms with E-state index in [4.69, 9.17) is 0 Å². The number of rotatable bonds is 1. The van der Waals surface area contributed by atoms with Crippen molar-refractivity contribution in [2.24, 2.45) is 17.3 Å². The number of benzene rings is 1. The Morgan fingerprint density at radius 3 is 2.83 bits per heavy atom. The molecule has 2 saturated carbocycles. The molecule has 3 heteroatoms. The molecule has 0 radical (unpaired) electrons. The van der Waals surface area contributed by atoms with Gasteiger partial charge in [-0.25, -0.2) is 4.39 Å². The van der Waals surface area contributed by atoms with Crippen molar-refractivity contribution >= 4 is 0 Å². The summed E-state index contributed by atoms with van der Waals surface area (Å²) < 4.78 is 12.8. The number of halogens is 1. The molecule has 0 spiro atoms. The minimum absolute atomic E-state index is 0.217. The van der Waals surface area contributed by atoms with Gasteiger partial charge in [0.2, 0.25) is 0 Å². The zero-order valence-electron chi connectivity index (χ0n) is 13.6. The Hall–Kier alpha value is -1.35. The molecule has 2 fully saturated rings. The molecule has 3 aliphatic rings. The van der Waals surface area contributed by atoms with Crippen molar-refractivity contribution in [3.05, 3.63) is 41.7 Å². The van der Waals surface area contributed by atoms with Crippen LogP contribution in [0.15, 0.2) is 30.6 Å². The van der Waals surface area contributed by atoms with Gasteiger partial charge in [0.25, 0.3) is 0 Å². The molecule has 0 heterocycles. The Morgan fingerprint density at radius 2 is 2.04 bits per heavy atom. The Morgan fingerprint density at radius 1 is 1.22 bits per heavy atom. The smallest absolute Gasteiger partial charge is 0.115 e. The normalized spacial score (nSPS) is 42.3. The number of fused-ring (bicyclic) bond motifs is 5. The van der Waals surface area contributed by atoms with Crippen LogP contribution in [0.5, 0.6) is 5.75 Å². The fourth-order valence-electron chi connectivity index (χ4n) is 6.00. The zero-order valence-corrected chi connectivity index (χ0v) is 13.6. The summed E-state index contributed by atoms with van der Waals surface area (Å²) in [5.41, 5.74) is 1.46. The number of aliphatic hydroxyl groups is 1. The molecule has 3 aliphatic carbocycles. The summed E-state index contributed by atoms with van der Waals surface area (Å²) in [5.74, 6) is 1.89. The molecule has 0 unspecified atom stereocenters. The Kier molecular flexibility index (Phi) is 3.35. The summed E-state index contributed by atoms with van der Waals surface area (Å²) in [6.45, 7) is 2.16. The molecule has 0 amide bonds. The molecule has 124 valence electrons. The van der Waals surface area contributed by atoms with Crippen molar-refractivity contribution in [1.82, 2.24) is 0 Å². The van der Waals surface area contributed by atoms with Gasteiger partial charge in [0.1, 0.15) is 5.75 Å². The number of hydrogen-bond donors (Lipinski definition) is 2. The number of aryl methyl sites for hydroxylation is 1. The van der Waals surface area contributed by atoms with E-state index < -0.39 is 5.60 Å². The maximum atomic E-state index is 12.8. The minimum Gasteiger partial charge on any atom is -0.508 e. The second-order valence-corrected chi connectivity index (χ2v) is 8.01. The SMILES string of the molecule is C[C@]12CC[C@@H]3c4ccc(O)cc4CC[C@H]3[C@@H]1CC[C@]2(O)C=CF. The summed E-state index contributed by atoms with van der Waals surface area (Å²) >= 11 is 0. The maximum Gasteiger partial charge on any atom is 0.115 e. The average molecular weight is 316 g/mol. The number of aromatic hydroxyl groups is 1. The summed E-state index contributed by atoms with van der Waals surface area (Å²) in [6, 6.07) is 5.80. The molecule has 0 aromatic heterocycles. The van der Waals surface area contributed by atoms with Crippen molar-refractivity contribution in [1.29, 1.82) is 0 Å². The molecule has 5 atom stereocenters. The fraction of sp³-hybridized carbons (Fsp3) is 0.600. The molecule has 23 heavy (non-hydrogen) atoms. The van der Waals surface area contributed by atoms with Crippen molar-refractivity contribution in [3.63, 3.8) is 0 Å². The second kappa shape index (κ2) is 5.07. The monoisotopic (exact) mass is 316 g/mol. The number of hydrogen-bond acceptors (Lipinski definition) is 2. The predicted molar refractivity (Wildman–Crippen MR) is 87.9 cm³/mol. The first kappa shape index (κ1) is 15.2. The molecule has 0 aliphatic heterocycles. The molecule has 0 bridgehead atoms. The summed E-state index contributed by atoms with van der Waals surface area (Å²) in [5, 5.41) is 20.7. The first-order chi connectivity index (χ1) is 11.0. The summed E-state index contributed by atoms with van der Waals surface area (Å²) in [4.78, 5) is 0.